The number of ether oxygens (including phenoxy) is 1. The van der Waals surface area contributed by atoms with Crippen LogP contribution in [0.4, 0.5) is 0 Å². The number of rotatable bonds is 6. The molecule has 0 bridgehead atoms. The molecular weight excluding hydrogens is 312 g/mol. The van der Waals surface area contributed by atoms with E-state index in [1.54, 1.807) is 18.5 Å². The van der Waals surface area contributed by atoms with E-state index >= 15 is 0 Å². The Morgan fingerprint density at radius 2 is 2.04 bits per heavy atom. The van der Waals surface area contributed by atoms with Gasteiger partial charge >= 0.3 is 5.97 Å². The predicted molar refractivity (Wildman–Crippen MR) is 87.5 cm³/mol. The lowest BCUT2D eigenvalue weighted by molar-refractivity contribution is -0.136. The number of benzene rings is 1. The number of hydrogen-bond donors (Lipinski definition) is 1. The number of aromatic nitrogens is 2. The zero-order chi connectivity index (χ0) is 16.1. The van der Waals surface area contributed by atoms with Crippen LogP contribution in [0.1, 0.15) is 11.1 Å². The summed E-state index contributed by atoms with van der Waals surface area (Å²) in [5.41, 5.74) is 2.55. The van der Waals surface area contributed by atoms with Crippen molar-refractivity contribution in [2.24, 2.45) is 0 Å². The molecule has 0 unspecified atom stereocenters. The lowest BCUT2D eigenvalue weighted by Gasteiger charge is -2.07. The molecule has 0 aliphatic heterocycles. The van der Waals surface area contributed by atoms with Gasteiger partial charge in [0.2, 0.25) is 0 Å². The molecule has 116 valence electrons. The Kier molecular flexibility index (Phi) is 4.63. The lowest BCUT2D eigenvalue weighted by atomic mass is 10.1. The van der Waals surface area contributed by atoms with E-state index in [4.69, 9.17) is 9.84 Å². The number of carbonyl (C=O) groups is 1. The van der Waals surface area contributed by atoms with Crippen LogP contribution in [-0.4, -0.2) is 20.4 Å². The SMILES string of the molecule is O=C(O)Cc1cccc(COc2ccc(-c3ccns3)nc2)c1. The van der Waals surface area contributed by atoms with Crippen molar-refractivity contribution in [2.45, 2.75) is 13.0 Å². The van der Waals surface area contributed by atoms with Gasteiger partial charge < -0.3 is 9.84 Å². The normalized spacial score (nSPS) is 10.4. The maximum atomic E-state index is 10.7. The summed E-state index contributed by atoms with van der Waals surface area (Å²) >= 11 is 1.40. The van der Waals surface area contributed by atoms with Crippen LogP contribution in [0.25, 0.3) is 10.6 Å². The van der Waals surface area contributed by atoms with E-state index in [1.807, 2.05) is 36.4 Å². The summed E-state index contributed by atoms with van der Waals surface area (Å²) in [6, 6.07) is 13.1. The summed E-state index contributed by atoms with van der Waals surface area (Å²) in [6.45, 7) is 0.370. The molecule has 0 amide bonds. The standard InChI is InChI=1S/C17H14N2O3S/c20-17(21)9-12-2-1-3-13(8-12)11-22-14-4-5-15(18-10-14)16-6-7-19-23-16/h1-8,10H,9,11H2,(H,20,21). The van der Waals surface area contributed by atoms with E-state index < -0.39 is 5.97 Å². The largest absolute Gasteiger partial charge is 0.487 e. The van der Waals surface area contributed by atoms with Crippen LogP contribution in [-0.2, 0) is 17.8 Å². The number of aliphatic carboxylic acids is 1. The smallest absolute Gasteiger partial charge is 0.307 e. The Morgan fingerprint density at radius 1 is 1.17 bits per heavy atom. The van der Waals surface area contributed by atoms with Gasteiger partial charge in [-0.3, -0.25) is 9.78 Å². The third kappa shape index (κ3) is 4.14. The summed E-state index contributed by atoms with van der Waals surface area (Å²) in [6.07, 6.45) is 3.44. The van der Waals surface area contributed by atoms with E-state index in [1.165, 1.54) is 11.5 Å². The summed E-state index contributed by atoms with van der Waals surface area (Å²) in [5, 5.41) is 8.83. The Hall–Kier alpha value is -2.73. The van der Waals surface area contributed by atoms with Gasteiger partial charge in [0.1, 0.15) is 12.4 Å². The van der Waals surface area contributed by atoms with Gasteiger partial charge in [-0.05, 0) is 40.9 Å². The zero-order valence-corrected chi connectivity index (χ0v) is 13.0. The highest BCUT2D eigenvalue weighted by Gasteiger charge is 2.04. The molecule has 0 fully saturated rings. The highest BCUT2D eigenvalue weighted by Crippen LogP contribution is 2.22. The second-order valence-electron chi connectivity index (χ2n) is 4.93. The minimum absolute atomic E-state index is 0.0128. The number of nitrogens with zero attached hydrogens (tertiary/aromatic N) is 2. The highest BCUT2D eigenvalue weighted by atomic mass is 32.1. The van der Waals surface area contributed by atoms with Gasteiger partial charge in [0, 0.05) is 6.20 Å². The van der Waals surface area contributed by atoms with Crippen molar-refractivity contribution < 1.29 is 14.6 Å². The van der Waals surface area contributed by atoms with Crippen molar-refractivity contribution in [3.63, 3.8) is 0 Å². The maximum absolute atomic E-state index is 10.7. The molecule has 0 atom stereocenters. The molecule has 0 aliphatic carbocycles. The summed E-state index contributed by atoms with van der Waals surface area (Å²) in [7, 11) is 0. The molecule has 0 radical (unpaired) electrons. The average molecular weight is 326 g/mol. The molecular formula is C17H14N2O3S. The van der Waals surface area contributed by atoms with Gasteiger partial charge in [-0.1, -0.05) is 24.3 Å². The minimum atomic E-state index is -0.842. The van der Waals surface area contributed by atoms with Gasteiger partial charge in [0.15, 0.2) is 0 Å². The number of carboxylic acid groups (broad SMARTS) is 1. The van der Waals surface area contributed by atoms with Gasteiger partial charge in [-0.2, -0.15) is 0 Å². The van der Waals surface area contributed by atoms with E-state index in [2.05, 4.69) is 9.36 Å². The van der Waals surface area contributed by atoms with E-state index in [-0.39, 0.29) is 6.42 Å². The fourth-order valence-corrected chi connectivity index (χ4v) is 2.70. The quantitative estimate of drug-likeness (QED) is 0.751. The molecule has 3 aromatic rings. The Labute approximate surface area is 137 Å². The second kappa shape index (κ2) is 7.02. The molecule has 0 saturated heterocycles. The van der Waals surface area contributed by atoms with Gasteiger partial charge in [-0.15, -0.1) is 0 Å². The van der Waals surface area contributed by atoms with Crippen LogP contribution in [0.2, 0.25) is 0 Å². The molecule has 0 spiro atoms. The van der Waals surface area contributed by atoms with Gasteiger partial charge in [0.25, 0.3) is 0 Å². The lowest BCUT2D eigenvalue weighted by Crippen LogP contribution is -2.02. The number of pyridine rings is 1. The fraction of sp³-hybridized carbons (Fsp3) is 0.118. The maximum Gasteiger partial charge on any atom is 0.307 e. The minimum Gasteiger partial charge on any atom is -0.487 e. The van der Waals surface area contributed by atoms with E-state index in [9.17, 15) is 4.79 Å². The Bertz CT molecular complexity index is 786. The highest BCUT2D eigenvalue weighted by molar-refractivity contribution is 7.09. The first-order valence-corrected chi connectivity index (χ1v) is 7.77. The van der Waals surface area contributed by atoms with Crippen LogP contribution < -0.4 is 4.74 Å². The third-order valence-corrected chi connectivity index (χ3v) is 3.95. The van der Waals surface area contributed by atoms with E-state index in [0.717, 1.165) is 21.7 Å². The van der Waals surface area contributed by atoms with Crippen molar-refractivity contribution in [1.29, 1.82) is 0 Å². The molecule has 3 rings (SSSR count). The molecule has 1 aromatic carbocycles. The average Bonchev–Trinajstić information content (AvgIpc) is 3.08. The molecule has 23 heavy (non-hydrogen) atoms. The molecule has 2 aromatic heterocycles. The van der Waals surface area contributed by atoms with Crippen LogP contribution in [0.5, 0.6) is 5.75 Å². The summed E-state index contributed by atoms with van der Waals surface area (Å²) < 4.78 is 9.76. The van der Waals surface area contributed by atoms with Gasteiger partial charge in [0.05, 0.1) is 23.2 Å². The number of hydrogen-bond acceptors (Lipinski definition) is 5. The Balaban J connectivity index is 1.63. The van der Waals surface area contributed by atoms with Crippen LogP contribution >= 0.6 is 11.5 Å². The van der Waals surface area contributed by atoms with Crippen molar-refractivity contribution in [1.82, 2.24) is 9.36 Å². The fourth-order valence-electron chi connectivity index (χ4n) is 2.13. The predicted octanol–water partition coefficient (Wildman–Crippen LogP) is 3.41. The zero-order valence-electron chi connectivity index (χ0n) is 12.2. The first-order valence-electron chi connectivity index (χ1n) is 7.00. The molecule has 6 heteroatoms. The van der Waals surface area contributed by atoms with Crippen molar-refractivity contribution in [3.8, 4) is 16.3 Å². The van der Waals surface area contributed by atoms with Crippen LogP contribution in [0.15, 0.2) is 54.9 Å². The molecule has 0 aliphatic rings. The van der Waals surface area contributed by atoms with Crippen LogP contribution in [0, 0.1) is 0 Å². The van der Waals surface area contributed by atoms with Crippen molar-refractivity contribution in [3.05, 3.63) is 66.0 Å². The third-order valence-electron chi connectivity index (χ3n) is 3.18. The molecule has 0 saturated carbocycles. The topological polar surface area (TPSA) is 72.3 Å². The van der Waals surface area contributed by atoms with Crippen LogP contribution in [0.3, 0.4) is 0 Å². The molecule has 2 heterocycles. The Morgan fingerprint density at radius 3 is 2.74 bits per heavy atom. The van der Waals surface area contributed by atoms with Gasteiger partial charge in [-0.25, -0.2) is 4.37 Å². The van der Waals surface area contributed by atoms with Crippen molar-refractivity contribution >= 4 is 17.5 Å². The number of carboxylic acids is 1. The second-order valence-corrected chi connectivity index (χ2v) is 5.77. The van der Waals surface area contributed by atoms with E-state index in [0.29, 0.717) is 12.4 Å². The summed E-state index contributed by atoms with van der Waals surface area (Å²) in [5.74, 6) is -0.173. The molecule has 1 N–H and O–H groups in total. The monoisotopic (exact) mass is 326 g/mol. The molecule has 5 nitrogen and oxygen atoms in total. The van der Waals surface area contributed by atoms with Crippen molar-refractivity contribution in [2.75, 3.05) is 0 Å². The first kappa shape index (κ1) is 15.2. The summed E-state index contributed by atoms with van der Waals surface area (Å²) in [4.78, 5) is 16.1. The first-order chi connectivity index (χ1) is 11.2.